The lowest BCUT2D eigenvalue weighted by Gasteiger charge is -2.08. The average Bonchev–Trinajstić information content (AvgIpc) is 2.83. The third-order valence-electron chi connectivity index (χ3n) is 2.99. The van der Waals surface area contributed by atoms with Gasteiger partial charge in [-0.05, 0) is 24.3 Å². The van der Waals surface area contributed by atoms with Gasteiger partial charge in [0, 0.05) is 12.2 Å². The maximum Gasteiger partial charge on any atom is 0.148 e. The number of hydrogen-bond acceptors (Lipinski definition) is 3. The van der Waals surface area contributed by atoms with Crippen LogP contribution in [0.25, 0.3) is 16.9 Å². The lowest BCUT2D eigenvalue weighted by atomic mass is 10.2. The smallest absolute Gasteiger partial charge is 0.148 e. The van der Waals surface area contributed by atoms with Gasteiger partial charge in [0.1, 0.15) is 11.6 Å². The first-order chi connectivity index (χ1) is 8.81. The minimum absolute atomic E-state index is 0.219. The van der Waals surface area contributed by atoms with Crippen molar-refractivity contribution in [2.24, 2.45) is 5.73 Å². The van der Waals surface area contributed by atoms with Gasteiger partial charge in [0.25, 0.3) is 0 Å². The largest absolute Gasteiger partial charge is 0.507 e. The summed E-state index contributed by atoms with van der Waals surface area (Å²) < 4.78 is 1.97. The van der Waals surface area contributed by atoms with E-state index in [2.05, 4.69) is 4.98 Å². The molecule has 0 unspecified atom stereocenters. The van der Waals surface area contributed by atoms with Crippen molar-refractivity contribution < 1.29 is 5.11 Å². The number of benzene rings is 1. The fourth-order valence-electron chi connectivity index (χ4n) is 2.13. The summed E-state index contributed by atoms with van der Waals surface area (Å²) in [4.78, 5) is 4.38. The van der Waals surface area contributed by atoms with Crippen LogP contribution in [0.3, 0.4) is 0 Å². The molecule has 1 aromatic carbocycles. The first-order valence-corrected chi connectivity index (χ1v) is 5.75. The van der Waals surface area contributed by atoms with Gasteiger partial charge < -0.3 is 10.8 Å². The number of aromatic nitrogens is 2. The zero-order chi connectivity index (χ0) is 12.5. The molecule has 3 N–H and O–H groups in total. The van der Waals surface area contributed by atoms with Crippen LogP contribution in [-0.2, 0) is 6.54 Å². The van der Waals surface area contributed by atoms with Crippen molar-refractivity contribution in [3.63, 3.8) is 0 Å². The highest BCUT2D eigenvalue weighted by Gasteiger charge is 2.11. The van der Waals surface area contributed by atoms with Crippen molar-refractivity contribution in [3.8, 4) is 17.1 Å². The van der Waals surface area contributed by atoms with E-state index in [1.54, 1.807) is 18.3 Å². The molecule has 2 heterocycles. The van der Waals surface area contributed by atoms with Gasteiger partial charge >= 0.3 is 0 Å². The number of phenols is 1. The highest BCUT2D eigenvalue weighted by atomic mass is 16.3. The fraction of sp³-hybridized carbons (Fsp3) is 0.0714. The second kappa shape index (κ2) is 4.16. The molecule has 0 aliphatic heterocycles. The topological polar surface area (TPSA) is 63.5 Å². The van der Waals surface area contributed by atoms with E-state index in [0.717, 1.165) is 11.2 Å². The lowest BCUT2D eigenvalue weighted by Crippen LogP contribution is -2.04. The molecule has 2 aromatic heterocycles. The molecule has 0 spiro atoms. The van der Waals surface area contributed by atoms with Gasteiger partial charge in [0.2, 0.25) is 0 Å². The van der Waals surface area contributed by atoms with Gasteiger partial charge in [-0.1, -0.05) is 18.2 Å². The van der Waals surface area contributed by atoms with Crippen LogP contribution in [0.2, 0.25) is 0 Å². The van der Waals surface area contributed by atoms with Crippen LogP contribution >= 0.6 is 0 Å². The highest BCUT2D eigenvalue weighted by molar-refractivity contribution is 5.68. The molecular weight excluding hydrogens is 226 g/mol. The van der Waals surface area contributed by atoms with E-state index in [0.29, 0.717) is 17.9 Å². The monoisotopic (exact) mass is 239 g/mol. The standard InChI is InChI=1S/C14H13N3O/c15-8-10-4-3-5-11-9-16-14(17(10)11)12-6-1-2-7-13(12)18/h1-7,9,18H,8,15H2. The summed E-state index contributed by atoms with van der Waals surface area (Å²) in [7, 11) is 0. The molecule has 18 heavy (non-hydrogen) atoms. The zero-order valence-electron chi connectivity index (χ0n) is 9.74. The molecule has 0 radical (unpaired) electrons. The second-order valence-corrected chi connectivity index (χ2v) is 4.08. The maximum absolute atomic E-state index is 9.92. The Balaban J connectivity index is 2.34. The van der Waals surface area contributed by atoms with Gasteiger partial charge in [0.05, 0.1) is 17.3 Å². The molecule has 4 heteroatoms. The number of nitrogens with two attached hydrogens (primary N) is 1. The van der Waals surface area contributed by atoms with E-state index in [9.17, 15) is 5.11 Å². The Bertz CT molecular complexity index is 703. The first-order valence-electron chi connectivity index (χ1n) is 5.75. The van der Waals surface area contributed by atoms with Gasteiger partial charge in [-0.15, -0.1) is 0 Å². The highest BCUT2D eigenvalue weighted by Crippen LogP contribution is 2.28. The molecule has 3 aromatic rings. The van der Waals surface area contributed by atoms with E-state index in [-0.39, 0.29) is 5.75 Å². The quantitative estimate of drug-likeness (QED) is 0.720. The van der Waals surface area contributed by atoms with Crippen molar-refractivity contribution >= 4 is 5.52 Å². The summed E-state index contributed by atoms with van der Waals surface area (Å²) in [5.41, 5.74) is 8.39. The molecule has 0 amide bonds. The molecule has 0 bridgehead atoms. The second-order valence-electron chi connectivity index (χ2n) is 4.08. The van der Waals surface area contributed by atoms with Gasteiger partial charge in [-0.3, -0.25) is 4.40 Å². The van der Waals surface area contributed by atoms with Crippen LogP contribution in [0.15, 0.2) is 48.7 Å². The van der Waals surface area contributed by atoms with E-state index in [1.807, 2.05) is 34.7 Å². The number of phenolic OH excluding ortho intramolecular Hbond substituents is 1. The Morgan fingerprint density at radius 3 is 2.72 bits per heavy atom. The molecule has 0 saturated heterocycles. The summed E-state index contributed by atoms with van der Waals surface area (Å²) in [5.74, 6) is 0.931. The van der Waals surface area contributed by atoms with Crippen molar-refractivity contribution in [3.05, 3.63) is 54.4 Å². The van der Waals surface area contributed by atoms with E-state index in [4.69, 9.17) is 5.73 Å². The van der Waals surface area contributed by atoms with Gasteiger partial charge in [-0.25, -0.2) is 4.98 Å². The zero-order valence-corrected chi connectivity index (χ0v) is 9.74. The van der Waals surface area contributed by atoms with Gasteiger partial charge in [-0.2, -0.15) is 0 Å². The van der Waals surface area contributed by atoms with E-state index in [1.165, 1.54) is 0 Å². The third-order valence-corrected chi connectivity index (χ3v) is 2.99. The predicted molar refractivity (Wildman–Crippen MR) is 70.2 cm³/mol. The Morgan fingerprint density at radius 2 is 1.94 bits per heavy atom. The minimum Gasteiger partial charge on any atom is -0.507 e. The third kappa shape index (κ3) is 1.55. The number of rotatable bonds is 2. The fourth-order valence-corrected chi connectivity index (χ4v) is 2.13. The van der Waals surface area contributed by atoms with Crippen LogP contribution in [0.5, 0.6) is 5.75 Å². The molecule has 0 aliphatic rings. The Kier molecular flexibility index (Phi) is 2.50. The summed E-state index contributed by atoms with van der Waals surface area (Å²) in [6, 6.07) is 13.0. The van der Waals surface area contributed by atoms with Gasteiger partial charge in [0.15, 0.2) is 0 Å². The van der Waals surface area contributed by atoms with Crippen molar-refractivity contribution in [2.45, 2.75) is 6.54 Å². The first kappa shape index (κ1) is 10.8. The van der Waals surface area contributed by atoms with Crippen LogP contribution in [-0.4, -0.2) is 14.5 Å². The number of fused-ring (bicyclic) bond motifs is 1. The van der Waals surface area contributed by atoms with Crippen LogP contribution in [0, 0.1) is 0 Å². The minimum atomic E-state index is 0.219. The molecule has 0 fully saturated rings. The number of hydrogen-bond donors (Lipinski definition) is 2. The summed E-state index contributed by atoms with van der Waals surface area (Å²) in [5, 5.41) is 9.92. The molecule has 90 valence electrons. The molecular formula is C14H13N3O. The normalized spacial score (nSPS) is 10.9. The van der Waals surface area contributed by atoms with Crippen molar-refractivity contribution in [1.82, 2.24) is 9.38 Å². The van der Waals surface area contributed by atoms with Crippen LogP contribution < -0.4 is 5.73 Å². The molecule has 0 atom stereocenters. The summed E-state index contributed by atoms with van der Waals surface area (Å²) in [6.07, 6.45) is 1.78. The number of para-hydroxylation sites is 1. The van der Waals surface area contributed by atoms with E-state index < -0.39 is 0 Å². The number of aromatic hydroxyl groups is 1. The Hall–Kier alpha value is -2.33. The average molecular weight is 239 g/mol. The lowest BCUT2D eigenvalue weighted by molar-refractivity contribution is 0.477. The molecule has 4 nitrogen and oxygen atoms in total. The van der Waals surface area contributed by atoms with Crippen molar-refractivity contribution in [1.29, 1.82) is 0 Å². The molecule has 0 aliphatic carbocycles. The number of nitrogens with zero attached hydrogens (tertiary/aromatic N) is 2. The SMILES string of the molecule is NCc1cccc2cnc(-c3ccccc3O)n12. The number of pyridine rings is 1. The summed E-state index contributed by atoms with van der Waals surface area (Å²) >= 11 is 0. The molecule has 0 saturated carbocycles. The summed E-state index contributed by atoms with van der Waals surface area (Å²) in [6.45, 7) is 0.425. The Morgan fingerprint density at radius 1 is 1.11 bits per heavy atom. The van der Waals surface area contributed by atoms with Crippen LogP contribution in [0.1, 0.15) is 5.69 Å². The van der Waals surface area contributed by atoms with E-state index >= 15 is 0 Å². The number of imidazole rings is 1. The Labute approximate surface area is 104 Å². The maximum atomic E-state index is 9.92. The predicted octanol–water partition coefficient (Wildman–Crippen LogP) is 2.17. The van der Waals surface area contributed by atoms with Crippen LogP contribution in [0.4, 0.5) is 0 Å². The van der Waals surface area contributed by atoms with Crippen molar-refractivity contribution in [2.75, 3.05) is 0 Å². The molecule has 3 rings (SSSR count).